The molecule has 0 radical (unpaired) electrons. The number of benzene rings is 3. The van der Waals surface area contributed by atoms with Crippen LogP contribution in [0.2, 0.25) is 0 Å². The third kappa shape index (κ3) is 5.38. The standard InChI is InChI=1S/C20H18O8.C12H15N/c1-11-3-7-13(8-4-11)15(21)19(27,17(23)24)20(28,18(25)26)16(22)14-9-5-12(2)6-10-14;1-2-7-12-11(5-1)10-6-3-4-9(10)8-13-12/h3-10,27-28H,1-2H3,(H,23,24)(H,25,26);1-2,5,7,9-10,13H,3-4,6,8H2/t19-,20-;/m1./s1. The molecule has 3 aromatic rings. The molecule has 2 unspecified atom stereocenters. The third-order valence-corrected chi connectivity index (χ3v) is 8.00. The molecule has 1 saturated carbocycles. The fraction of sp³-hybridized carbons (Fsp3) is 0.312. The van der Waals surface area contributed by atoms with E-state index in [9.17, 15) is 39.6 Å². The van der Waals surface area contributed by atoms with Gasteiger partial charge in [0.25, 0.3) is 11.2 Å². The maximum absolute atomic E-state index is 12.8. The Kier molecular flexibility index (Phi) is 8.42. The fourth-order valence-corrected chi connectivity index (χ4v) is 5.57. The Balaban J connectivity index is 0.000000243. The Morgan fingerprint density at radius 2 is 1.17 bits per heavy atom. The number of ketones is 2. The molecule has 1 fully saturated rings. The highest BCUT2D eigenvalue weighted by molar-refractivity contribution is 6.28. The van der Waals surface area contributed by atoms with Gasteiger partial charge in [0, 0.05) is 23.4 Å². The molecule has 0 bridgehead atoms. The number of Topliss-reactive ketones (excluding diaryl/α,β-unsaturated/α-hetero) is 2. The fourth-order valence-electron chi connectivity index (χ4n) is 5.57. The zero-order valence-electron chi connectivity index (χ0n) is 22.8. The summed E-state index contributed by atoms with van der Waals surface area (Å²) >= 11 is 0. The first kappa shape index (κ1) is 29.6. The molecule has 3 aromatic carbocycles. The smallest absolute Gasteiger partial charge is 0.348 e. The monoisotopic (exact) mass is 559 g/mol. The minimum absolute atomic E-state index is 0.383. The number of aryl methyl sites for hydroxylation is 2. The summed E-state index contributed by atoms with van der Waals surface area (Å²) in [5.74, 6) is -6.24. The zero-order chi connectivity index (χ0) is 29.9. The van der Waals surface area contributed by atoms with E-state index in [2.05, 4.69) is 29.6 Å². The lowest BCUT2D eigenvalue weighted by Crippen LogP contribution is -2.71. The Morgan fingerprint density at radius 3 is 1.63 bits per heavy atom. The largest absolute Gasteiger partial charge is 0.479 e. The molecule has 1 aliphatic carbocycles. The first-order valence-corrected chi connectivity index (χ1v) is 13.4. The van der Waals surface area contributed by atoms with E-state index in [1.165, 1.54) is 55.8 Å². The van der Waals surface area contributed by atoms with Crippen LogP contribution in [-0.2, 0) is 9.59 Å². The number of carboxylic acid groups (broad SMARTS) is 2. The van der Waals surface area contributed by atoms with Crippen LogP contribution in [-0.4, -0.2) is 61.7 Å². The van der Waals surface area contributed by atoms with E-state index in [0.29, 0.717) is 11.1 Å². The van der Waals surface area contributed by atoms with Gasteiger partial charge in [0.2, 0.25) is 11.6 Å². The van der Waals surface area contributed by atoms with Crippen molar-refractivity contribution in [2.75, 3.05) is 11.9 Å². The van der Waals surface area contributed by atoms with Gasteiger partial charge in [-0.2, -0.15) is 0 Å². The molecule has 9 nitrogen and oxygen atoms in total. The Labute approximate surface area is 237 Å². The van der Waals surface area contributed by atoms with E-state index < -0.39 is 34.7 Å². The van der Waals surface area contributed by atoms with Crippen molar-refractivity contribution in [3.8, 4) is 0 Å². The van der Waals surface area contributed by atoms with Crippen molar-refractivity contribution < 1.29 is 39.6 Å². The van der Waals surface area contributed by atoms with Gasteiger partial charge in [-0.05, 0) is 50.2 Å². The van der Waals surface area contributed by atoms with Gasteiger partial charge < -0.3 is 25.7 Å². The summed E-state index contributed by atoms with van der Waals surface area (Å²) in [7, 11) is 0. The summed E-state index contributed by atoms with van der Waals surface area (Å²) < 4.78 is 0. The molecule has 41 heavy (non-hydrogen) atoms. The normalized spacial score (nSPS) is 20.0. The molecule has 5 rings (SSSR count). The zero-order valence-corrected chi connectivity index (χ0v) is 22.8. The van der Waals surface area contributed by atoms with Crippen molar-refractivity contribution in [3.63, 3.8) is 0 Å². The number of carbonyl (C=O) groups is 4. The molecule has 0 spiro atoms. The van der Waals surface area contributed by atoms with Crippen LogP contribution in [0.3, 0.4) is 0 Å². The predicted molar refractivity (Wildman–Crippen MR) is 151 cm³/mol. The molecule has 5 N–H and O–H groups in total. The first-order valence-electron chi connectivity index (χ1n) is 13.4. The topological polar surface area (TPSA) is 161 Å². The number of aliphatic carboxylic acids is 2. The first-order chi connectivity index (χ1) is 19.4. The molecular weight excluding hydrogens is 526 g/mol. The second-order valence-corrected chi connectivity index (χ2v) is 10.7. The van der Waals surface area contributed by atoms with Gasteiger partial charge in [0.1, 0.15) is 0 Å². The second kappa shape index (κ2) is 11.6. The third-order valence-electron chi connectivity index (χ3n) is 8.00. The lowest BCUT2D eigenvalue weighted by Gasteiger charge is -2.34. The molecule has 214 valence electrons. The van der Waals surface area contributed by atoms with Gasteiger partial charge in [-0.25, -0.2) is 9.59 Å². The van der Waals surface area contributed by atoms with Crippen molar-refractivity contribution in [2.24, 2.45) is 5.92 Å². The Bertz CT molecular complexity index is 1390. The number of carbonyl (C=O) groups excluding carboxylic acids is 2. The lowest BCUT2D eigenvalue weighted by atomic mass is 9.73. The molecule has 9 heteroatoms. The average molecular weight is 560 g/mol. The van der Waals surface area contributed by atoms with Crippen molar-refractivity contribution >= 4 is 29.2 Å². The van der Waals surface area contributed by atoms with Gasteiger partial charge in [0.15, 0.2) is 0 Å². The van der Waals surface area contributed by atoms with E-state index in [1.807, 2.05) is 0 Å². The molecule has 4 atom stereocenters. The quantitative estimate of drug-likeness (QED) is 0.213. The average Bonchev–Trinajstić information content (AvgIpc) is 3.46. The summed E-state index contributed by atoms with van der Waals surface area (Å²) in [5.41, 5.74) is -4.33. The molecule has 0 amide bonds. The van der Waals surface area contributed by atoms with Crippen LogP contribution in [0, 0.1) is 19.8 Å². The molecule has 1 aliphatic heterocycles. The summed E-state index contributed by atoms with van der Waals surface area (Å²) in [6.07, 6.45) is 4.25. The van der Waals surface area contributed by atoms with E-state index in [0.717, 1.165) is 36.1 Å². The van der Waals surface area contributed by atoms with Gasteiger partial charge in [-0.1, -0.05) is 84.3 Å². The van der Waals surface area contributed by atoms with Crippen molar-refractivity contribution in [3.05, 3.63) is 101 Å². The highest BCUT2D eigenvalue weighted by Gasteiger charge is 2.69. The molecular formula is C32H33NO8. The van der Waals surface area contributed by atoms with Gasteiger partial charge >= 0.3 is 11.9 Å². The highest BCUT2D eigenvalue weighted by Crippen LogP contribution is 2.45. The predicted octanol–water partition coefficient (Wildman–Crippen LogP) is 4.00. The second-order valence-electron chi connectivity index (χ2n) is 10.7. The van der Waals surface area contributed by atoms with Crippen LogP contribution >= 0.6 is 0 Å². The lowest BCUT2D eigenvalue weighted by molar-refractivity contribution is -0.187. The number of para-hydroxylation sites is 1. The molecule has 0 aromatic heterocycles. The summed E-state index contributed by atoms with van der Waals surface area (Å²) in [6, 6.07) is 19.1. The molecule has 2 aliphatic rings. The number of hydrogen-bond acceptors (Lipinski definition) is 7. The Hall–Kier alpha value is -4.34. The minimum atomic E-state index is -3.96. The number of fused-ring (bicyclic) bond motifs is 3. The van der Waals surface area contributed by atoms with E-state index >= 15 is 0 Å². The molecule has 0 saturated heterocycles. The van der Waals surface area contributed by atoms with Crippen molar-refractivity contribution in [1.82, 2.24) is 0 Å². The number of carboxylic acids is 2. The van der Waals surface area contributed by atoms with Crippen LogP contribution in [0.5, 0.6) is 0 Å². The van der Waals surface area contributed by atoms with Crippen LogP contribution in [0.1, 0.15) is 62.6 Å². The number of nitrogens with one attached hydrogen (secondary N) is 1. The maximum Gasteiger partial charge on any atom is 0.348 e. The Morgan fingerprint density at radius 1 is 0.707 bits per heavy atom. The SMILES string of the molecule is Cc1ccc(C(=O)[C@@](O)(C(=O)O)[C@](O)(C(=O)O)C(=O)c2ccc(C)cc2)cc1.c1ccc2c(c1)NCC1CCCC21. The highest BCUT2D eigenvalue weighted by atomic mass is 16.5. The van der Waals surface area contributed by atoms with Crippen molar-refractivity contribution in [1.29, 1.82) is 0 Å². The van der Waals surface area contributed by atoms with Gasteiger partial charge in [0.05, 0.1) is 0 Å². The number of aliphatic hydroxyl groups is 2. The van der Waals surface area contributed by atoms with Crippen LogP contribution in [0.4, 0.5) is 5.69 Å². The van der Waals surface area contributed by atoms with E-state index in [1.54, 1.807) is 19.4 Å². The summed E-state index contributed by atoms with van der Waals surface area (Å²) in [5, 5.41) is 43.8. The van der Waals surface area contributed by atoms with E-state index in [-0.39, 0.29) is 11.1 Å². The number of rotatable bonds is 7. The number of anilines is 1. The minimum Gasteiger partial charge on any atom is -0.479 e. The van der Waals surface area contributed by atoms with E-state index in [4.69, 9.17) is 0 Å². The van der Waals surface area contributed by atoms with Crippen LogP contribution in [0.25, 0.3) is 0 Å². The molecule has 1 heterocycles. The van der Waals surface area contributed by atoms with Crippen LogP contribution in [0.15, 0.2) is 72.8 Å². The summed E-state index contributed by atoms with van der Waals surface area (Å²) in [4.78, 5) is 49.1. The van der Waals surface area contributed by atoms with Gasteiger partial charge in [-0.3, -0.25) is 9.59 Å². The van der Waals surface area contributed by atoms with Gasteiger partial charge in [-0.15, -0.1) is 0 Å². The number of hydrogen-bond donors (Lipinski definition) is 5. The van der Waals surface area contributed by atoms with Crippen molar-refractivity contribution in [2.45, 2.75) is 50.2 Å². The van der Waals surface area contributed by atoms with Crippen LogP contribution < -0.4 is 5.32 Å². The summed E-state index contributed by atoms with van der Waals surface area (Å²) in [6.45, 7) is 4.57. The maximum atomic E-state index is 12.8.